The molecule has 0 amide bonds. The fourth-order valence-electron chi connectivity index (χ4n) is 2.32. The van der Waals surface area contributed by atoms with Crippen molar-refractivity contribution in [1.29, 1.82) is 0 Å². The monoisotopic (exact) mass is 272 g/mol. The van der Waals surface area contributed by atoms with Gasteiger partial charge in [-0.05, 0) is 37.1 Å². The lowest BCUT2D eigenvalue weighted by Gasteiger charge is -2.13. The number of benzene rings is 1. The zero-order valence-electron chi connectivity index (χ0n) is 11.1. The summed E-state index contributed by atoms with van der Waals surface area (Å²) in [6.45, 7) is 1.36. The first-order valence-corrected chi connectivity index (χ1v) is 6.75. The molecule has 1 aliphatic heterocycles. The number of ether oxygens (including phenoxy) is 2. The summed E-state index contributed by atoms with van der Waals surface area (Å²) in [5, 5.41) is 0. The molecule has 20 heavy (non-hydrogen) atoms. The van der Waals surface area contributed by atoms with Gasteiger partial charge in [-0.3, -0.25) is 4.79 Å². The topological polar surface area (TPSA) is 48.7 Å². The standard InChI is InChI=1S/C16H16O4/c17-10-12-7-8-16(20-12)14-5-1-2-6-15(14)19-11-13-4-3-9-18-13/h1-2,5-8,10,13H,3-4,9,11H2. The SMILES string of the molecule is O=Cc1ccc(-c2ccccc2OCC2CCCO2)o1. The Kier molecular flexibility index (Phi) is 3.83. The second-order valence-electron chi connectivity index (χ2n) is 4.76. The van der Waals surface area contributed by atoms with Crippen LogP contribution < -0.4 is 4.74 Å². The Morgan fingerprint density at radius 1 is 1.25 bits per heavy atom. The molecule has 0 saturated carbocycles. The van der Waals surface area contributed by atoms with Gasteiger partial charge in [-0.25, -0.2) is 0 Å². The quantitative estimate of drug-likeness (QED) is 0.783. The molecule has 0 bridgehead atoms. The number of hydrogen-bond acceptors (Lipinski definition) is 4. The van der Waals surface area contributed by atoms with E-state index in [4.69, 9.17) is 13.9 Å². The Bertz CT molecular complexity index is 582. The van der Waals surface area contributed by atoms with E-state index in [9.17, 15) is 4.79 Å². The lowest BCUT2D eigenvalue weighted by Crippen LogP contribution is -2.16. The van der Waals surface area contributed by atoms with Crippen LogP contribution >= 0.6 is 0 Å². The Morgan fingerprint density at radius 3 is 2.90 bits per heavy atom. The van der Waals surface area contributed by atoms with Crippen molar-refractivity contribution >= 4 is 6.29 Å². The van der Waals surface area contributed by atoms with Crippen LogP contribution in [0, 0.1) is 0 Å². The Balaban J connectivity index is 1.78. The van der Waals surface area contributed by atoms with Crippen molar-refractivity contribution in [3.63, 3.8) is 0 Å². The molecule has 2 aromatic rings. The first kappa shape index (κ1) is 12.9. The number of para-hydroxylation sites is 1. The smallest absolute Gasteiger partial charge is 0.185 e. The van der Waals surface area contributed by atoms with Gasteiger partial charge >= 0.3 is 0 Å². The largest absolute Gasteiger partial charge is 0.490 e. The van der Waals surface area contributed by atoms with Crippen LogP contribution in [0.2, 0.25) is 0 Å². The second-order valence-corrected chi connectivity index (χ2v) is 4.76. The predicted molar refractivity (Wildman–Crippen MR) is 74.0 cm³/mol. The fourth-order valence-corrected chi connectivity index (χ4v) is 2.32. The van der Waals surface area contributed by atoms with Gasteiger partial charge in [-0.15, -0.1) is 0 Å². The summed E-state index contributed by atoms with van der Waals surface area (Å²) in [7, 11) is 0. The van der Waals surface area contributed by atoms with Crippen LogP contribution in [0.5, 0.6) is 5.75 Å². The Morgan fingerprint density at radius 2 is 2.15 bits per heavy atom. The van der Waals surface area contributed by atoms with Crippen LogP contribution in [0.25, 0.3) is 11.3 Å². The van der Waals surface area contributed by atoms with Crippen molar-refractivity contribution in [1.82, 2.24) is 0 Å². The Labute approximate surface area is 117 Å². The van der Waals surface area contributed by atoms with E-state index >= 15 is 0 Å². The number of aldehydes is 1. The summed E-state index contributed by atoms with van der Waals surface area (Å²) in [6.07, 6.45) is 3.00. The average Bonchev–Trinajstić information content (AvgIpc) is 3.16. The van der Waals surface area contributed by atoms with Crippen LogP contribution in [0.3, 0.4) is 0 Å². The molecule has 104 valence electrons. The molecule has 1 aromatic carbocycles. The number of hydrogen-bond donors (Lipinski definition) is 0. The van der Waals surface area contributed by atoms with Crippen LogP contribution in [0.1, 0.15) is 23.4 Å². The number of carbonyl (C=O) groups excluding carboxylic acids is 1. The number of carbonyl (C=O) groups is 1. The summed E-state index contributed by atoms with van der Waals surface area (Å²) < 4.78 is 16.8. The summed E-state index contributed by atoms with van der Waals surface area (Å²) in [6, 6.07) is 11.1. The molecule has 1 aromatic heterocycles. The molecule has 0 spiro atoms. The van der Waals surface area contributed by atoms with Gasteiger partial charge in [-0.1, -0.05) is 12.1 Å². The summed E-state index contributed by atoms with van der Waals surface area (Å²) in [4.78, 5) is 10.7. The molecule has 1 saturated heterocycles. The molecule has 0 radical (unpaired) electrons. The highest BCUT2D eigenvalue weighted by Gasteiger charge is 2.17. The third kappa shape index (κ3) is 2.75. The van der Waals surface area contributed by atoms with Crippen molar-refractivity contribution in [2.24, 2.45) is 0 Å². The van der Waals surface area contributed by atoms with E-state index in [-0.39, 0.29) is 6.10 Å². The van der Waals surface area contributed by atoms with Crippen LogP contribution in [0.4, 0.5) is 0 Å². The third-order valence-electron chi connectivity index (χ3n) is 3.34. The molecule has 1 aliphatic rings. The van der Waals surface area contributed by atoms with E-state index in [1.54, 1.807) is 12.1 Å². The summed E-state index contributed by atoms with van der Waals surface area (Å²) in [5.41, 5.74) is 0.846. The van der Waals surface area contributed by atoms with Gasteiger partial charge in [0.05, 0.1) is 11.7 Å². The maximum absolute atomic E-state index is 10.7. The van der Waals surface area contributed by atoms with Gasteiger partial charge in [0.1, 0.15) is 18.1 Å². The van der Waals surface area contributed by atoms with Gasteiger partial charge in [0, 0.05) is 6.61 Å². The molecule has 1 atom stereocenters. The summed E-state index contributed by atoms with van der Waals surface area (Å²) in [5.74, 6) is 1.69. The van der Waals surface area contributed by atoms with Crippen molar-refractivity contribution in [2.45, 2.75) is 18.9 Å². The van der Waals surface area contributed by atoms with Gasteiger partial charge in [0.2, 0.25) is 0 Å². The number of furan rings is 1. The van der Waals surface area contributed by atoms with Crippen LogP contribution in [-0.2, 0) is 4.74 Å². The molecule has 4 heteroatoms. The highest BCUT2D eigenvalue weighted by atomic mass is 16.5. The van der Waals surface area contributed by atoms with Gasteiger partial charge in [0.25, 0.3) is 0 Å². The minimum Gasteiger partial charge on any atom is -0.490 e. The van der Waals surface area contributed by atoms with E-state index < -0.39 is 0 Å². The maximum Gasteiger partial charge on any atom is 0.185 e. The second kappa shape index (κ2) is 5.92. The van der Waals surface area contributed by atoms with E-state index in [0.717, 1.165) is 30.8 Å². The lowest BCUT2D eigenvalue weighted by molar-refractivity contribution is 0.0681. The molecule has 4 nitrogen and oxygen atoms in total. The zero-order chi connectivity index (χ0) is 13.8. The van der Waals surface area contributed by atoms with Gasteiger partial charge < -0.3 is 13.9 Å². The first-order valence-electron chi connectivity index (χ1n) is 6.75. The lowest BCUT2D eigenvalue weighted by atomic mass is 10.1. The molecule has 0 N–H and O–H groups in total. The van der Waals surface area contributed by atoms with Gasteiger partial charge in [-0.2, -0.15) is 0 Å². The minimum atomic E-state index is 0.171. The number of rotatable bonds is 5. The Hall–Kier alpha value is -2.07. The van der Waals surface area contributed by atoms with E-state index in [2.05, 4.69) is 0 Å². The molecule has 0 aliphatic carbocycles. The van der Waals surface area contributed by atoms with Crippen LogP contribution in [0.15, 0.2) is 40.8 Å². The molecule has 1 fully saturated rings. The summed E-state index contributed by atoms with van der Waals surface area (Å²) >= 11 is 0. The van der Waals surface area contributed by atoms with E-state index in [0.29, 0.717) is 24.4 Å². The van der Waals surface area contributed by atoms with Crippen molar-refractivity contribution in [2.75, 3.05) is 13.2 Å². The highest BCUT2D eigenvalue weighted by Crippen LogP contribution is 2.31. The highest BCUT2D eigenvalue weighted by molar-refractivity contribution is 5.74. The fraction of sp³-hybridized carbons (Fsp3) is 0.312. The molecule has 3 rings (SSSR count). The third-order valence-corrected chi connectivity index (χ3v) is 3.34. The van der Waals surface area contributed by atoms with E-state index in [1.807, 2.05) is 24.3 Å². The average molecular weight is 272 g/mol. The zero-order valence-corrected chi connectivity index (χ0v) is 11.1. The molecular formula is C16H16O4. The maximum atomic E-state index is 10.7. The van der Waals surface area contributed by atoms with Crippen molar-refractivity contribution < 1.29 is 18.7 Å². The van der Waals surface area contributed by atoms with E-state index in [1.165, 1.54) is 0 Å². The minimum absolute atomic E-state index is 0.171. The molecule has 1 unspecified atom stereocenters. The van der Waals surface area contributed by atoms with Crippen LogP contribution in [-0.4, -0.2) is 25.6 Å². The van der Waals surface area contributed by atoms with Crippen molar-refractivity contribution in [3.8, 4) is 17.1 Å². The normalized spacial score (nSPS) is 18.1. The molecule has 2 heterocycles. The molecular weight excluding hydrogens is 256 g/mol. The predicted octanol–water partition coefficient (Wildman–Crippen LogP) is 3.32. The van der Waals surface area contributed by atoms with Gasteiger partial charge in [0.15, 0.2) is 12.0 Å². The van der Waals surface area contributed by atoms with Crippen molar-refractivity contribution in [3.05, 3.63) is 42.2 Å². The first-order chi connectivity index (χ1) is 9.86.